The number of carbonyl (C=O) groups excluding carboxylic acids is 1. The number of carbonyl (C=O) groups is 1. The smallest absolute Gasteiger partial charge is 0.419 e. The van der Waals surface area contributed by atoms with Crippen LogP contribution in [0.2, 0.25) is 0 Å². The van der Waals surface area contributed by atoms with Gasteiger partial charge in [0, 0.05) is 37.3 Å². The number of aromatic nitrogens is 3. The lowest BCUT2D eigenvalue weighted by atomic mass is 10.0. The van der Waals surface area contributed by atoms with Gasteiger partial charge in [-0.3, -0.25) is 0 Å². The van der Waals surface area contributed by atoms with E-state index in [-0.39, 0.29) is 39.2 Å². The van der Waals surface area contributed by atoms with Crippen molar-refractivity contribution in [2.24, 2.45) is 0 Å². The minimum atomic E-state index is -5.02. The van der Waals surface area contributed by atoms with E-state index in [1.807, 2.05) is 0 Å². The Hall–Kier alpha value is -4.86. The van der Waals surface area contributed by atoms with Crippen molar-refractivity contribution in [3.63, 3.8) is 0 Å². The Morgan fingerprint density at radius 1 is 0.976 bits per heavy atom. The van der Waals surface area contributed by atoms with Gasteiger partial charge in [-0.15, -0.1) is 0 Å². The van der Waals surface area contributed by atoms with Crippen molar-refractivity contribution in [1.82, 2.24) is 20.3 Å². The molecule has 10 nitrogen and oxygen atoms in total. The molecular weight excluding hydrogens is 575 g/mol. The molecule has 214 valence electrons. The van der Waals surface area contributed by atoms with E-state index in [1.165, 1.54) is 32.6 Å². The Morgan fingerprint density at radius 2 is 1.68 bits per heavy atom. The highest BCUT2D eigenvalue weighted by atomic mass is 32.2. The number of pyridine rings is 1. The lowest BCUT2D eigenvalue weighted by molar-refractivity contribution is -0.139. The fraction of sp³-hybridized carbons (Fsp3) is 0.120. The number of urea groups is 1. The number of rotatable bonds is 7. The fourth-order valence-electron chi connectivity index (χ4n) is 3.66. The Morgan fingerprint density at radius 3 is 2.27 bits per heavy atom. The summed E-state index contributed by atoms with van der Waals surface area (Å²) in [6.45, 7) is 0. The summed E-state index contributed by atoms with van der Waals surface area (Å²) in [5.74, 6) is -3.11. The first kappa shape index (κ1) is 29.1. The van der Waals surface area contributed by atoms with Gasteiger partial charge in [0.2, 0.25) is 5.95 Å². The highest BCUT2D eigenvalue weighted by Gasteiger charge is 2.34. The van der Waals surface area contributed by atoms with E-state index in [4.69, 9.17) is 4.74 Å². The Labute approximate surface area is 229 Å². The standard InChI is InChI=1S/C25H19F5N6O4S/c1-31-24(37)36(22-7-5-15(13-34-22)41(38,39)35-23-32-8-3-9-33-23)20-12-19(27)16(11-21(20)40-2)14-4-6-18(26)17(10-14)25(28,29)30/h3-13H,1-2H3,(H,31,37)(H,32,33,35). The molecule has 41 heavy (non-hydrogen) atoms. The average Bonchev–Trinajstić information content (AvgIpc) is 2.93. The van der Waals surface area contributed by atoms with Crippen molar-refractivity contribution in [2.75, 3.05) is 23.8 Å². The van der Waals surface area contributed by atoms with E-state index in [9.17, 15) is 30.8 Å². The van der Waals surface area contributed by atoms with Crippen LogP contribution >= 0.6 is 0 Å². The maximum Gasteiger partial charge on any atom is 0.419 e. The second-order valence-electron chi connectivity index (χ2n) is 8.12. The summed E-state index contributed by atoms with van der Waals surface area (Å²) in [7, 11) is -1.72. The molecule has 2 aromatic heterocycles. The predicted molar refractivity (Wildman–Crippen MR) is 137 cm³/mol. The zero-order chi connectivity index (χ0) is 29.9. The number of ether oxygens (including phenoxy) is 1. The van der Waals surface area contributed by atoms with Crippen LogP contribution in [0.25, 0.3) is 11.1 Å². The summed E-state index contributed by atoms with van der Waals surface area (Å²) in [6.07, 6.45) is -1.43. The molecule has 4 aromatic rings. The van der Waals surface area contributed by atoms with E-state index in [0.717, 1.165) is 41.4 Å². The number of nitrogens with zero attached hydrogens (tertiary/aromatic N) is 4. The molecular formula is C25H19F5N6O4S. The Bertz CT molecular complexity index is 1690. The van der Waals surface area contributed by atoms with E-state index >= 15 is 4.39 Å². The molecule has 0 bridgehead atoms. The van der Waals surface area contributed by atoms with E-state index < -0.39 is 39.4 Å². The van der Waals surface area contributed by atoms with Gasteiger partial charge in [0.05, 0.1) is 18.4 Å². The monoisotopic (exact) mass is 594 g/mol. The first-order chi connectivity index (χ1) is 19.4. The fourth-order valence-corrected chi connectivity index (χ4v) is 4.56. The second kappa shape index (κ2) is 11.3. The maximum absolute atomic E-state index is 15.3. The van der Waals surface area contributed by atoms with Gasteiger partial charge in [-0.1, -0.05) is 6.07 Å². The predicted octanol–water partition coefficient (Wildman–Crippen LogP) is 5.12. The van der Waals surface area contributed by atoms with Crippen LogP contribution in [0.15, 0.2) is 72.0 Å². The zero-order valence-corrected chi connectivity index (χ0v) is 21.9. The van der Waals surface area contributed by atoms with Crippen LogP contribution in [0.4, 0.5) is 44.2 Å². The van der Waals surface area contributed by atoms with Crippen LogP contribution in [0, 0.1) is 11.6 Å². The van der Waals surface area contributed by atoms with Crippen LogP contribution in [0.1, 0.15) is 5.56 Å². The van der Waals surface area contributed by atoms with Gasteiger partial charge in [0.25, 0.3) is 10.0 Å². The number of nitrogens with one attached hydrogen (secondary N) is 2. The lowest BCUT2D eigenvalue weighted by Gasteiger charge is -2.24. The van der Waals surface area contributed by atoms with Gasteiger partial charge in [0.1, 0.15) is 28.1 Å². The van der Waals surface area contributed by atoms with Crippen LogP contribution in [-0.4, -0.2) is 43.6 Å². The molecule has 0 fully saturated rings. The minimum absolute atomic E-state index is 0.161. The Kier molecular flexibility index (Phi) is 8.05. The molecule has 2 aromatic carbocycles. The third kappa shape index (κ3) is 6.16. The van der Waals surface area contributed by atoms with E-state index in [2.05, 4.69) is 25.0 Å². The Balaban J connectivity index is 1.75. The number of methoxy groups -OCH3 is 1. The maximum atomic E-state index is 15.3. The van der Waals surface area contributed by atoms with Crippen molar-refractivity contribution in [2.45, 2.75) is 11.1 Å². The van der Waals surface area contributed by atoms with E-state index in [1.54, 1.807) is 0 Å². The molecule has 2 N–H and O–H groups in total. The van der Waals surface area contributed by atoms with Crippen LogP contribution in [0.3, 0.4) is 0 Å². The van der Waals surface area contributed by atoms with Crippen molar-refractivity contribution < 1.29 is 39.9 Å². The number of hydrogen-bond acceptors (Lipinski definition) is 7. The molecule has 0 aliphatic heterocycles. The number of amides is 2. The summed E-state index contributed by atoms with van der Waals surface area (Å²) in [6, 6.07) is 6.78. The zero-order valence-electron chi connectivity index (χ0n) is 21.1. The number of hydrogen-bond donors (Lipinski definition) is 2. The number of sulfonamides is 1. The van der Waals surface area contributed by atoms with Crippen molar-refractivity contribution >= 4 is 33.5 Å². The van der Waals surface area contributed by atoms with Crippen LogP contribution < -0.4 is 19.7 Å². The van der Waals surface area contributed by atoms with Crippen molar-refractivity contribution in [1.29, 1.82) is 0 Å². The molecule has 2 amide bonds. The topological polar surface area (TPSA) is 126 Å². The molecule has 16 heteroatoms. The average molecular weight is 595 g/mol. The largest absolute Gasteiger partial charge is 0.495 e. The van der Waals surface area contributed by atoms with Gasteiger partial charge in [-0.2, -0.15) is 13.2 Å². The van der Waals surface area contributed by atoms with Crippen molar-refractivity contribution in [3.8, 4) is 16.9 Å². The molecule has 0 saturated carbocycles. The van der Waals surface area contributed by atoms with Gasteiger partial charge >= 0.3 is 12.2 Å². The number of halogens is 5. The number of alkyl halides is 3. The van der Waals surface area contributed by atoms with Crippen LogP contribution in [-0.2, 0) is 16.2 Å². The molecule has 0 unspecified atom stereocenters. The number of anilines is 3. The molecule has 0 atom stereocenters. The SMILES string of the molecule is CNC(=O)N(c1ccc(S(=O)(=O)Nc2ncccn2)cn1)c1cc(F)c(-c2ccc(F)c(C(F)(F)F)c2)cc1OC. The summed E-state index contributed by atoms with van der Waals surface area (Å²) in [5.41, 5.74) is -2.46. The van der Waals surface area contributed by atoms with Gasteiger partial charge in [-0.05, 0) is 42.0 Å². The summed E-state index contributed by atoms with van der Waals surface area (Å²) >= 11 is 0. The third-order valence-corrected chi connectivity index (χ3v) is 6.87. The van der Waals surface area contributed by atoms with Crippen molar-refractivity contribution in [3.05, 3.63) is 84.3 Å². The van der Waals surface area contributed by atoms with Gasteiger partial charge in [0.15, 0.2) is 0 Å². The highest BCUT2D eigenvalue weighted by molar-refractivity contribution is 7.92. The summed E-state index contributed by atoms with van der Waals surface area (Å²) < 4.78 is 102. The van der Waals surface area contributed by atoms with Gasteiger partial charge in [-0.25, -0.2) is 46.6 Å². The summed E-state index contributed by atoms with van der Waals surface area (Å²) in [5, 5.41) is 2.34. The van der Waals surface area contributed by atoms with E-state index in [0.29, 0.717) is 12.1 Å². The summed E-state index contributed by atoms with van der Waals surface area (Å²) in [4.78, 5) is 25.0. The van der Waals surface area contributed by atoms with Crippen LogP contribution in [0.5, 0.6) is 5.75 Å². The minimum Gasteiger partial charge on any atom is -0.495 e. The lowest BCUT2D eigenvalue weighted by Crippen LogP contribution is -2.35. The normalized spacial score (nSPS) is 11.6. The first-order valence-corrected chi connectivity index (χ1v) is 12.9. The molecule has 2 heterocycles. The quantitative estimate of drug-likeness (QED) is 0.285. The molecule has 0 aliphatic carbocycles. The highest BCUT2D eigenvalue weighted by Crippen LogP contribution is 2.40. The second-order valence-corrected chi connectivity index (χ2v) is 9.80. The first-order valence-electron chi connectivity index (χ1n) is 11.4. The molecule has 0 spiro atoms. The van der Waals surface area contributed by atoms with Gasteiger partial charge < -0.3 is 10.1 Å². The molecule has 0 aliphatic rings. The third-order valence-electron chi connectivity index (χ3n) is 5.56. The molecule has 0 saturated heterocycles. The number of benzene rings is 2. The molecule has 0 radical (unpaired) electrons. The molecule has 4 rings (SSSR count).